The topological polar surface area (TPSA) is 70.5 Å². The molecule has 138 valence electrons. The van der Waals surface area contributed by atoms with Gasteiger partial charge in [0, 0.05) is 24.5 Å². The predicted molar refractivity (Wildman–Crippen MR) is 105 cm³/mol. The van der Waals surface area contributed by atoms with Crippen LogP contribution in [0.1, 0.15) is 22.7 Å². The van der Waals surface area contributed by atoms with Crippen molar-refractivity contribution < 1.29 is 14.7 Å². The van der Waals surface area contributed by atoms with Gasteiger partial charge in [-0.05, 0) is 17.2 Å². The fourth-order valence-electron chi connectivity index (χ4n) is 3.46. The highest BCUT2D eigenvalue weighted by Crippen LogP contribution is 2.40. The van der Waals surface area contributed by atoms with E-state index in [0.717, 1.165) is 11.1 Å². The van der Waals surface area contributed by atoms with Crippen LogP contribution in [0.15, 0.2) is 90.8 Å². The van der Waals surface area contributed by atoms with Gasteiger partial charge in [-0.25, -0.2) is 0 Å². The Bertz CT molecular complexity index is 1030. The van der Waals surface area contributed by atoms with E-state index in [1.165, 1.54) is 4.90 Å². The van der Waals surface area contributed by atoms with Crippen LogP contribution in [0.2, 0.25) is 0 Å². The van der Waals surface area contributed by atoms with Gasteiger partial charge in [-0.3, -0.25) is 14.6 Å². The van der Waals surface area contributed by atoms with Gasteiger partial charge >= 0.3 is 0 Å². The first kappa shape index (κ1) is 17.7. The number of Topliss-reactive ketones (excluding diaryl/α,β-unsaturated/α-hetero) is 1. The first-order chi connectivity index (χ1) is 13.7. The Hall–Kier alpha value is -3.73. The lowest BCUT2D eigenvalue weighted by atomic mass is 9.95. The molecule has 1 atom stereocenters. The van der Waals surface area contributed by atoms with E-state index in [2.05, 4.69) is 4.98 Å². The van der Waals surface area contributed by atoms with Crippen molar-refractivity contribution in [3.05, 3.63) is 107 Å². The maximum atomic E-state index is 12.9. The highest BCUT2D eigenvalue weighted by atomic mass is 16.3. The average molecular weight is 370 g/mol. The number of carbonyl (C=O) groups is 2. The molecule has 3 aromatic rings. The molecule has 1 amide bonds. The molecule has 4 rings (SSSR count). The zero-order chi connectivity index (χ0) is 19.5. The Morgan fingerprint density at radius 2 is 1.61 bits per heavy atom. The third-order valence-electron chi connectivity index (χ3n) is 4.78. The van der Waals surface area contributed by atoms with Gasteiger partial charge in [0.05, 0.1) is 11.6 Å². The summed E-state index contributed by atoms with van der Waals surface area (Å²) in [6.45, 7) is 0.226. The number of ketones is 1. The fourth-order valence-corrected chi connectivity index (χ4v) is 3.46. The van der Waals surface area contributed by atoms with Gasteiger partial charge in [-0.2, -0.15) is 0 Å². The summed E-state index contributed by atoms with van der Waals surface area (Å²) < 4.78 is 0. The van der Waals surface area contributed by atoms with Gasteiger partial charge in [0.2, 0.25) is 0 Å². The SMILES string of the molecule is O=C1C(=O)N(Cc2cccnc2)[C@@H](c2ccccc2)/C1=C(\O)c1ccccc1. The zero-order valence-corrected chi connectivity index (χ0v) is 15.0. The third-order valence-corrected chi connectivity index (χ3v) is 4.78. The monoisotopic (exact) mass is 370 g/mol. The van der Waals surface area contributed by atoms with Crippen molar-refractivity contribution in [3.8, 4) is 0 Å². The maximum Gasteiger partial charge on any atom is 0.295 e. The van der Waals surface area contributed by atoms with E-state index < -0.39 is 17.7 Å². The molecule has 0 saturated carbocycles. The number of aliphatic hydroxyl groups is 1. The molecule has 1 fully saturated rings. The van der Waals surface area contributed by atoms with E-state index in [1.807, 2.05) is 42.5 Å². The fraction of sp³-hybridized carbons (Fsp3) is 0.0870. The minimum absolute atomic E-state index is 0.103. The van der Waals surface area contributed by atoms with Gasteiger partial charge in [0.15, 0.2) is 0 Å². The molecule has 1 aliphatic heterocycles. The smallest absolute Gasteiger partial charge is 0.295 e. The molecule has 1 aromatic heterocycles. The lowest BCUT2D eigenvalue weighted by Crippen LogP contribution is -2.29. The lowest BCUT2D eigenvalue weighted by molar-refractivity contribution is -0.140. The van der Waals surface area contributed by atoms with Gasteiger partial charge < -0.3 is 10.0 Å². The Balaban J connectivity index is 1.85. The zero-order valence-electron chi connectivity index (χ0n) is 15.0. The number of hydrogen-bond acceptors (Lipinski definition) is 4. The largest absolute Gasteiger partial charge is 0.507 e. The van der Waals surface area contributed by atoms with Crippen molar-refractivity contribution in [1.82, 2.24) is 9.88 Å². The molecule has 0 unspecified atom stereocenters. The quantitative estimate of drug-likeness (QED) is 0.432. The van der Waals surface area contributed by atoms with Crippen molar-refractivity contribution in [1.29, 1.82) is 0 Å². The van der Waals surface area contributed by atoms with Crippen LogP contribution in [-0.4, -0.2) is 26.7 Å². The number of amides is 1. The maximum absolute atomic E-state index is 12.9. The number of pyridine rings is 1. The summed E-state index contributed by atoms with van der Waals surface area (Å²) in [6.07, 6.45) is 3.32. The minimum atomic E-state index is -0.681. The predicted octanol–water partition coefficient (Wildman–Crippen LogP) is 3.70. The summed E-state index contributed by atoms with van der Waals surface area (Å²) >= 11 is 0. The minimum Gasteiger partial charge on any atom is -0.507 e. The highest BCUT2D eigenvalue weighted by molar-refractivity contribution is 6.46. The number of benzene rings is 2. The van der Waals surface area contributed by atoms with Crippen molar-refractivity contribution in [3.63, 3.8) is 0 Å². The average Bonchev–Trinajstić information content (AvgIpc) is 3.00. The second kappa shape index (κ2) is 7.48. The molecule has 0 radical (unpaired) electrons. The summed E-state index contributed by atoms with van der Waals surface area (Å²) in [7, 11) is 0. The Morgan fingerprint density at radius 1 is 0.929 bits per heavy atom. The molecule has 5 nitrogen and oxygen atoms in total. The Labute approximate surface area is 162 Å². The van der Waals surface area contributed by atoms with E-state index >= 15 is 0 Å². The number of nitrogens with zero attached hydrogens (tertiary/aromatic N) is 2. The van der Waals surface area contributed by atoms with Crippen LogP contribution in [0.3, 0.4) is 0 Å². The molecular weight excluding hydrogens is 352 g/mol. The molecule has 2 aromatic carbocycles. The summed E-state index contributed by atoms with van der Waals surface area (Å²) in [5.74, 6) is -1.48. The second-order valence-corrected chi connectivity index (χ2v) is 6.56. The molecule has 2 heterocycles. The number of rotatable bonds is 4. The lowest BCUT2D eigenvalue weighted by Gasteiger charge is -2.25. The number of aliphatic hydroxyl groups excluding tert-OH is 1. The van der Waals surface area contributed by atoms with Gasteiger partial charge in [0.1, 0.15) is 5.76 Å². The molecule has 1 aliphatic rings. The van der Waals surface area contributed by atoms with Gasteiger partial charge in [-0.1, -0.05) is 66.7 Å². The summed E-state index contributed by atoms with van der Waals surface area (Å²) in [4.78, 5) is 31.3. The molecule has 0 bridgehead atoms. The summed E-state index contributed by atoms with van der Waals surface area (Å²) in [5, 5.41) is 10.9. The first-order valence-corrected chi connectivity index (χ1v) is 8.94. The molecule has 1 N–H and O–H groups in total. The van der Waals surface area contributed by atoms with E-state index in [-0.39, 0.29) is 17.9 Å². The van der Waals surface area contributed by atoms with E-state index in [9.17, 15) is 14.7 Å². The van der Waals surface area contributed by atoms with Crippen molar-refractivity contribution in [2.45, 2.75) is 12.6 Å². The van der Waals surface area contributed by atoms with Crippen molar-refractivity contribution in [2.24, 2.45) is 0 Å². The summed E-state index contributed by atoms with van der Waals surface area (Å²) in [6, 6.07) is 21.1. The third kappa shape index (κ3) is 3.18. The number of carbonyl (C=O) groups excluding carboxylic acids is 2. The van der Waals surface area contributed by atoms with Crippen LogP contribution in [0.4, 0.5) is 0 Å². The second-order valence-electron chi connectivity index (χ2n) is 6.56. The van der Waals surface area contributed by atoms with E-state index in [1.54, 1.807) is 42.7 Å². The molecule has 5 heteroatoms. The molecular formula is C23H18N2O3. The van der Waals surface area contributed by atoms with Crippen molar-refractivity contribution >= 4 is 17.4 Å². The first-order valence-electron chi connectivity index (χ1n) is 8.94. The van der Waals surface area contributed by atoms with E-state index in [0.29, 0.717) is 5.56 Å². The van der Waals surface area contributed by atoms with Crippen LogP contribution in [0.25, 0.3) is 5.76 Å². The highest BCUT2D eigenvalue weighted by Gasteiger charge is 2.45. The van der Waals surface area contributed by atoms with Gasteiger partial charge in [-0.15, -0.1) is 0 Å². The molecule has 28 heavy (non-hydrogen) atoms. The summed E-state index contributed by atoms with van der Waals surface area (Å²) in [5.41, 5.74) is 2.18. The van der Waals surface area contributed by atoms with Crippen LogP contribution in [-0.2, 0) is 16.1 Å². The number of likely N-dealkylation sites (tertiary alicyclic amines) is 1. The van der Waals surface area contributed by atoms with Crippen LogP contribution < -0.4 is 0 Å². The Kier molecular flexibility index (Phi) is 4.72. The van der Waals surface area contributed by atoms with Crippen LogP contribution in [0, 0.1) is 0 Å². The molecule has 0 spiro atoms. The number of hydrogen-bond donors (Lipinski definition) is 1. The van der Waals surface area contributed by atoms with Crippen molar-refractivity contribution in [2.75, 3.05) is 0 Å². The van der Waals surface area contributed by atoms with Crippen LogP contribution >= 0.6 is 0 Å². The van der Waals surface area contributed by atoms with E-state index in [4.69, 9.17) is 0 Å². The van der Waals surface area contributed by atoms with Crippen LogP contribution in [0.5, 0.6) is 0 Å². The molecule has 1 saturated heterocycles. The number of aromatic nitrogens is 1. The standard InChI is InChI=1S/C23H18N2O3/c26-21(18-11-5-2-6-12-18)19-20(17-9-3-1-4-10-17)25(23(28)22(19)27)15-16-8-7-13-24-14-16/h1-14,20,26H,15H2/b21-19+/t20-/m0/s1. The Morgan fingerprint density at radius 3 is 2.25 bits per heavy atom. The van der Waals surface area contributed by atoms with Gasteiger partial charge in [0.25, 0.3) is 11.7 Å². The normalized spacial score (nSPS) is 18.4. The molecule has 0 aliphatic carbocycles.